The van der Waals surface area contributed by atoms with Crippen molar-refractivity contribution in [3.05, 3.63) is 60.7 Å². The van der Waals surface area contributed by atoms with Crippen LogP contribution in [0.5, 0.6) is 0 Å². The second-order valence-corrected chi connectivity index (χ2v) is 5.77. The summed E-state index contributed by atoms with van der Waals surface area (Å²) in [5.41, 5.74) is 2.15. The molecular weight excluding hydrogens is 282 g/mol. The number of amides is 1. The molecule has 1 heterocycles. The Morgan fingerprint density at radius 1 is 1.10 bits per heavy atom. The van der Waals surface area contributed by atoms with Crippen molar-refractivity contribution in [3.63, 3.8) is 0 Å². The van der Waals surface area contributed by atoms with E-state index in [9.17, 15) is 9.59 Å². The van der Waals surface area contributed by atoms with Crippen LogP contribution >= 0.6 is 11.8 Å². The summed E-state index contributed by atoms with van der Waals surface area (Å²) in [5.74, 6) is -0.225. The molecule has 2 aromatic carbocycles. The van der Waals surface area contributed by atoms with Crippen molar-refractivity contribution in [2.24, 2.45) is 0 Å². The lowest BCUT2D eigenvalue weighted by atomic mass is 10.1. The topological polar surface area (TPSA) is 37.4 Å². The first-order chi connectivity index (χ1) is 10.1. The molecule has 0 spiro atoms. The van der Waals surface area contributed by atoms with Crippen LogP contribution in [0.2, 0.25) is 0 Å². The van der Waals surface area contributed by atoms with E-state index >= 15 is 0 Å². The Labute approximate surface area is 127 Å². The number of fused-ring (bicyclic) bond motifs is 2. The van der Waals surface area contributed by atoms with Gasteiger partial charge in [-0.2, -0.15) is 0 Å². The Morgan fingerprint density at radius 3 is 2.52 bits per heavy atom. The molecule has 104 valence electrons. The number of ketones is 1. The van der Waals surface area contributed by atoms with Crippen LogP contribution in [0.1, 0.15) is 17.3 Å². The van der Waals surface area contributed by atoms with E-state index in [0.29, 0.717) is 5.56 Å². The number of benzene rings is 2. The normalized spacial score (nSPS) is 12.3. The molecule has 3 rings (SSSR count). The minimum atomic E-state index is -0.204. The minimum absolute atomic E-state index is 0.0207. The maximum atomic E-state index is 12.3. The first-order valence-corrected chi connectivity index (χ1v) is 7.32. The van der Waals surface area contributed by atoms with Gasteiger partial charge in [-0.15, -0.1) is 0 Å². The summed E-state index contributed by atoms with van der Waals surface area (Å²) in [7, 11) is 0. The molecule has 1 aliphatic rings. The van der Waals surface area contributed by atoms with Gasteiger partial charge in [-0.25, -0.2) is 0 Å². The number of rotatable bonds is 2. The van der Waals surface area contributed by atoms with Crippen molar-refractivity contribution >= 4 is 34.8 Å². The first kappa shape index (κ1) is 13.6. The third-order valence-corrected chi connectivity index (χ3v) is 4.46. The van der Waals surface area contributed by atoms with Crippen molar-refractivity contribution in [2.45, 2.75) is 16.7 Å². The predicted molar refractivity (Wildman–Crippen MR) is 84.4 cm³/mol. The van der Waals surface area contributed by atoms with Gasteiger partial charge < -0.3 is 0 Å². The molecule has 0 saturated carbocycles. The number of nitrogens with zero attached hydrogens (tertiary/aromatic N) is 1. The van der Waals surface area contributed by atoms with Crippen LogP contribution in [0.15, 0.2) is 64.9 Å². The summed E-state index contributed by atoms with van der Waals surface area (Å²) >= 11 is 1.60. The summed E-state index contributed by atoms with van der Waals surface area (Å²) in [6, 6.07) is 13.1. The van der Waals surface area contributed by atoms with Crippen molar-refractivity contribution < 1.29 is 9.59 Å². The highest BCUT2D eigenvalue weighted by Gasteiger charge is 2.27. The molecule has 1 aliphatic heterocycles. The Bertz CT molecular complexity index is 767. The predicted octanol–water partition coefficient (Wildman–Crippen LogP) is 4.20. The molecule has 0 aliphatic carbocycles. The van der Waals surface area contributed by atoms with Crippen molar-refractivity contribution in [1.29, 1.82) is 0 Å². The van der Waals surface area contributed by atoms with Gasteiger partial charge in [0.2, 0.25) is 0 Å². The third-order valence-electron chi connectivity index (χ3n) is 3.33. The van der Waals surface area contributed by atoms with Crippen LogP contribution in [0.25, 0.3) is 0 Å². The Morgan fingerprint density at radius 2 is 1.81 bits per heavy atom. The van der Waals surface area contributed by atoms with E-state index in [1.807, 2.05) is 30.3 Å². The monoisotopic (exact) mass is 295 g/mol. The van der Waals surface area contributed by atoms with E-state index in [1.165, 1.54) is 13.0 Å². The quantitative estimate of drug-likeness (QED) is 0.615. The van der Waals surface area contributed by atoms with Gasteiger partial charge >= 0.3 is 0 Å². The highest BCUT2D eigenvalue weighted by atomic mass is 32.2. The van der Waals surface area contributed by atoms with Gasteiger partial charge in [0, 0.05) is 15.4 Å². The molecule has 0 fully saturated rings. The number of hydrogen-bond acceptors (Lipinski definition) is 3. The van der Waals surface area contributed by atoms with Crippen molar-refractivity contribution in [1.82, 2.24) is 0 Å². The molecule has 21 heavy (non-hydrogen) atoms. The molecular formula is C17H13NO2S. The largest absolute Gasteiger partial charge is 0.295 e. The minimum Gasteiger partial charge on any atom is -0.295 e. The Balaban J connectivity index is 2.23. The van der Waals surface area contributed by atoms with Gasteiger partial charge in [-0.05, 0) is 37.3 Å². The molecule has 0 N–H and O–H groups in total. The lowest BCUT2D eigenvalue weighted by Crippen LogP contribution is -2.26. The molecule has 0 radical (unpaired) electrons. The maximum Gasteiger partial charge on any atom is 0.255 e. The highest BCUT2D eigenvalue weighted by molar-refractivity contribution is 7.99. The van der Waals surface area contributed by atoms with Gasteiger partial charge in [0.1, 0.15) is 0 Å². The van der Waals surface area contributed by atoms with Crippen LogP contribution in [-0.4, -0.2) is 11.7 Å². The van der Waals surface area contributed by atoms with E-state index < -0.39 is 0 Å². The molecule has 0 atom stereocenters. The van der Waals surface area contributed by atoms with Crippen LogP contribution in [0.4, 0.5) is 11.4 Å². The number of hydrogen-bond donors (Lipinski definition) is 0. The summed E-state index contributed by atoms with van der Waals surface area (Å²) < 4.78 is 0. The zero-order valence-corrected chi connectivity index (χ0v) is 12.3. The van der Waals surface area contributed by atoms with Gasteiger partial charge in [0.15, 0.2) is 5.78 Å². The third kappa shape index (κ3) is 2.28. The zero-order valence-electron chi connectivity index (χ0n) is 11.5. The van der Waals surface area contributed by atoms with Crippen molar-refractivity contribution in [3.8, 4) is 0 Å². The molecule has 0 unspecified atom stereocenters. The van der Waals surface area contributed by atoms with E-state index in [0.717, 1.165) is 21.2 Å². The number of anilines is 2. The average Bonchev–Trinajstić information content (AvgIpc) is 2.51. The number of carbonyl (C=O) groups excluding carboxylic acids is 2. The Hall–Kier alpha value is -2.33. The molecule has 0 bridgehead atoms. The molecule has 0 saturated heterocycles. The SMILES string of the molecule is C=CC(=O)N1c2ccccc2Sc2ccc(C(C)=O)cc21. The highest BCUT2D eigenvalue weighted by Crippen LogP contribution is 2.48. The fourth-order valence-corrected chi connectivity index (χ4v) is 3.34. The van der Waals surface area contributed by atoms with Gasteiger partial charge in [-0.3, -0.25) is 14.5 Å². The second-order valence-electron chi connectivity index (χ2n) is 4.69. The van der Waals surface area contributed by atoms with Crippen LogP contribution in [-0.2, 0) is 4.79 Å². The summed E-state index contributed by atoms with van der Waals surface area (Å²) in [6.45, 7) is 5.09. The summed E-state index contributed by atoms with van der Waals surface area (Å²) in [5, 5.41) is 0. The summed E-state index contributed by atoms with van der Waals surface area (Å²) in [4.78, 5) is 27.5. The number of Topliss-reactive ketones (excluding diaryl/α,β-unsaturated/α-hetero) is 1. The lowest BCUT2D eigenvalue weighted by molar-refractivity contribution is -0.113. The smallest absolute Gasteiger partial charge is 0.255 e. The first-order valence-electron chi connectivity index (χ1n) is 6.50. The van der Waals surface area contributed by atoms with E-state index in [1.54, 1.807) is 28.8 Å². The molecule has 0 aromatic heterocycles. The van der Waals surface area contributed by atoms with Crippen LogP contribution < -0.4 is 4.90 Å². The van der Waals surface area contributed by atoms with Crippen LogP contribution in [0, 0.1) is 0 Å². The van der Waals surface area contributed by atoms with E-state index in [-0.39, 0.29) is 11.7 Å². The number of para-hydroxylation sites is 1. The maximum absolute atomic E-state index is 12.3. The zero-order chi connectivity index (χ0) is 15.0. The van der Waals surface area contributed by atoms with Crippen LogP contribution in [0.3, 0.4) is 0 Å². The molecule has 4 heteroatoms. The fourth-order valence-electron chi connectivity index (χ4n) is 2.30. The fraction of sp³-hybridized carbons (Fsp3) is 0.0588. The van der Waals surface area contributed by atoms with E-state index in [4.69, 9.17) is 0 Å². The lowest BCUT2D eigenvalue weighted by Gasteiger charge is -2.30. The molecule has 3 nitrogen and oxygen atoms in total. The van der Waals surface area contributed by atoms with Crippen molar-refractivity contribution in [2.75, 3.05) is 4.90 Å². The van der Waals surface area contributed by atoms with Gasteiger partial charge in [-0.1, -0.05) is 36.5 Å². The summed E-state index contributed by atoms with van der Waals surface area (Å²) in [6.07, 6.45) is 1.29. The standard InChI is InChI=1S/C17H13NO2S/c1-3-17(20)18-13-6-4-5-7-15(13)21-16-9-8-12(11(2)19)10-14(16)18/h3-10H,1H2,2H3. The van der Waals surface area contributed by atoms with Gasteiger partial charge in [0.05, 0.1) is 11.4 Å². The molecule has 2 aromatic rings. The van der Waals surface area contributed by atoms with E-state index in [2.05, 4.69) is 6.58 Å². The molecule has 1 amide bonds. The van der Waals surface area contributed by atoms with Gasteiger partial charge in [0.25, 0.3) is 5.91 Å². The Kier molecular flexibility index (Phi) is 3.39. The average molecular weight is 295 g/mol. The number of carbonyl (C=O) groups is 2. The second kappa shape index (κ2) is 5.22.